The van der Waals surface area contributed by atoms with Crippen LogP contribution in [0.25, 0.3) is 0 Å². The zero-order valence-corrected chi connectivity index (χ0v) is 12.9. The van der Waals surface area contributed by atoms with E-state index in [0.29, 0.717) is 6.04 Å². The van der Waals surface area contributed by atoms with Crippen LogP contribution in [0.3, 0.4) is 0 Å². The minimum absolute atomic E-state index is 0.681. The lowest BCUT2D eigenvalue weighted by Crippen LogP contribution is -2.14. The molecule has 0 saturated heterocycles. The van der Waals surface area contributed by atoms with Gasteiger partial charge in [0.05, 0.1) is 0 Å². The molecule has 4 atom stereocenters. The van der Waals surface area contributed by atoms with Gasteiger partial charge in [-0.1, -0.05) is 11.8 Å². The van der Waals surface area contributed by atoms with E-state index >= 15 is 0 Å². The fourth-order valence-corrected chi connectivity index (χ4v) is 4.93. The molecule has 3 aliphatic carbocycles. The van der Waals surface area contributed by atoms with Crippen molar-refractivity contribution in [2.75, 3.05) is 23.4 Å². The summed E-state index contributed by atoms with van der Waals surface area (Å²) in [5, 5.41) is 7.83. The van der Waals surface area contributed by atoms with Gasteiger partial charge in [0.25, 0.3) is 0 Å². The van der Waals surface area contributed by atoms with Gasteiger partial charge in [-0.15, -0.1) is 0 Å². The first-order valence-electron chi connectivity index (χ1n) is 7.73. The molecular formula is C15H22N4S. The minimum atomic E-state index is 0.681. The third-order valence-corrected chi connectivity index (χ3v) is 5.84. The predicted molar refractivity (Wildman–Crippen MR) is 83.2 cm³/mol. The van der Waals surface area contributed by atoms with Gasteiger partial charge in [-0.25, -0.2) is 9.97 Å². The van der Waals surface area contributed by atoms with Crippen LogP contribution in [0.4, 0.5) is 11.6 Å². The zero-order chi connectivity index (χ0) is 13.7. The number of anilines is 2. The molecule has 2 N–H and O–H groups in total. The standard InChI is InChI=1S/C15H22N4S/c1-3-16-10-7-11(19-15(18-10)20-2)17-14-12-8-4-5-9(6-8)13(12)14/h7-9,12-14H,3-6H2,1-2H3,(H2,16,17,18,19). The molecule has 3 saturated carbocycles. The van der Waals surface area contributed by atoms with Crippen LogP contribution in [0.5, 0.6) is 0 Å². The number of aromatic nitrogens is 2. The summed E-state index contributed by atoms with van der Waals surface area (Å²) in [4.78, 5) is 9.10. The summed E-state index contributed by atoms with van der Waals surface area (Å²) in [6, 6.07) is 2.74. The zero-order valence-electron chi connectivity index (χ0n) is 12.1. The first-order valence-corrected chi connectivity index (χ1v) is 8.96. The van der Waals surface area contributed by atoms with E-state index in [0.717, 1.165) is 47.0 Å². The van der Waals surface area contributed by atoms with Gasteiger partial charge in [-0.05, 0) is 56.1 Å². The lowest BCUT2D eigenvalue weighted by atomic mass is 10.0. The van der Waals surface area contributed by atoms with Gasteiger partial charge in [0, 0.05) is 18.7 Å². The molecule has 108 valence electrons. The van der Waals surface area contributed by atoms with Crippen LogP contribution in [0.1, 0.15) is 26.2 Å². The molecule has 1 aromatic rings. The molecule has 20 heavy (non-hydrogen) atoms. The minimum Gasteiger partial charge on any atom is -0.370 e. The van der Waals surface area contributed by atoms with Crippen molar-refractivity contribution in [3.8, 4) is 0 Å². The van der Waals surface area contributed by atoms with E-state index in [9.17, 15) is 0 Å². The van der Waals surface area contributed by atoms with Gasteiger partial charge in [0.15, 0.2) is 5.16 Å². The number of nitrogens with zero attached hydrogens (tertiary/aromatic N) is 2. The number of rotatable bonds is 5. The van der Waals surface area contributed by atoms with E-state index in [-0.39, 0.29) is 0 Å². The second kappa shape index (κ2) is 4.79. The molecular weight excluding hydrogens is 268 g/mol. The fraction of sp³-hybridized carbons (Fsp3) is 0.733. The number of hydrogen-bond donors (Lipinski definition) is 2. The summed E-state index contributed by atoms with van der Waals surface area (Å²) in [5.41, 5.74) is 0. The van der Waals surface area contributed by atoms with Crippen LogP contribution in [0, 0.1) is 23.7 Å². The highest BCUT2D eigenvalue weighted by atomic mass is 32.2. The number of hydrogen-bond acceptors (Lipinski definition) is 5. The molecule has 1 aromatic heterocycles. The molecule has 0 radical (unpaired) electrons. The quantitative estimate of drug-likeness (QED) is 0.644. The Labute approximate surface area is 124 Å². The van der Waals surface area contributed by atoms with Crippen molar-refractivity contribution in [2.45, 2.75) is 37.4 Å². The van der Waals surface area contributed by atoms with Gasteiger partial charge in [0.2, 0.25) is 0 Å². The normalized spacial score (nSPS) is 36.8. The summed E-state index contributed by atoms with van der Waals surface area (Å²) in [7, 11) is 0. The van der Waals surface area contributed by atoms with Gasteiger partial charge in [-0.3, -0.25) is 0 Å². The maximum Gasteiger partial charge on any atom is 0.191 e. The van der Waals surface area contributed by atoms with Crippen molar-refractivity contribution in [3.05, 3.63) is 6.07 Å². The van der Waals surface area contributed by atoms with Crippen molar-refractivity contribution >= 4 is 23.4 Å². The Bertz CT molecular complexity index is 505. The monoisotopic (exact) mass is 290 g/mol. The molecule has 1 heterocycles. The molecule has 4 unspecified atom stereocenters. The van der Waals surface area contributed by atoms with Crippen molar-refractivity contribution in [1.82, 2.24) is 9.97 Å². The summed E-state index contributed by atoms with van der Waals surface area (Å²) in [6.45, 7) is 2.99. The Morgan fingerprint density at radius 2 is 1.90 bits per heavy atom. The molecule has 0 aliphatic heterocycles. The van der Waals surface area contributed by atoms with E-state index < -0.39 is 0 Å². The van der Waals surface area contributed by atoms with Gasteiger partial charge < -0.3 is 10.6 Å². The van der Waals surface area contributed by atoms with Crippen LogP contribution in [-0.2, 0) is 0 Å². The van der Waals surface area contributed by atoms with Crippen LogP contribution < -0.4 is 10.6 Å². The Balaban J connectivity index is 1.50. The maximum atomic E-state index is 4.61. The first-order chi connectivity index (χ1) is 9.80. The lowest BCUT2D eigenvalue weighted by Gasteiger charge is -2.13. The molecule has 3 fully saturated rings. The van der Waals surface area contributed by atoms with Crippen LogP contribution in [0.15, 0.2) is 11.2 Å². The smallest absolute Gasteiger partial charge is 0.191 e. The van der Waals surface area contributed by atoms with Crippen molar-refractivity contribution < 1.29 is 0 Å². The second-order valence-electron chi connectivity index (χ2n) is 6.31. The summed E-state index contributed by atoms with van der Waals surface area (Å²) in [5.74, 6) is 5.80. The highest BCUT2D eigenvalue weighted by Crippen LogP contribution is 2.66. The van der Waals surface area contributed by atoms with E-state index in [1.54, 1.807) is 11.8 Å². The number of nitrogens with one attached hydrogen (secondary N) is 2. The summed E-state index contributed by atoms with van der Waals surface area (Å²) in [6.07, 6.45) is 6.45. The largest absolute Gasteiger partial charge is 0.370 e. The summed E-state index contributed by atoms with van der Waals surface area (Å²) < 4.78 is 0. The lowest BCUT2D eigenvalue weighted by molar-refractivity contribution is 0.456. The van der Waals surface area contributed by atoms with Crippen molar-refractivity contribution in [2.24, 2.45) is 23.7 Å². The van der Waals surface area contributed by atoms with Gasteiger partial charge in [0.1, 0.15) is 11.6 Å². The molecule has 0 spiro atoms. The first kappa shape index (κ1) is 12.7. The van der Waals surface area contributed by atoms with E-state index in [1.807, 2.05) is 6.26 Å². The highest BCUT2D eigenvalue weighted by Gasteiger charge is 2.65. The Kier molecular flexibility index (Phi) is 3.05. The third kappa shape index (κ3) is 1.98. The second-order valence-corrected chi connectivity index (χ2v) is 7.09. The Morgan fingerprint density at radius 1 is 1.20 bits per heavy atom. The molecule has 2 bridgehead atoms. The van der Waals surface area contributed by atoms with Crippen molar-refractivity contribution in [3.63, 3.8) is 0 Å². The average molecular weight is 290 g/mol. The molecule has 5 heteroatoms. The van der Waals surface area contributed by atoms with Crippen molar-refractivity contribution in [1.29, 1.82) is 0 Å². The van der Waals surface area contributed by atoms with Crippen LogP contribution >= 0.6 is 11.8 Å². The average Bonchev–Trinajstić information content (AvgIpc) is 2.85. The van der Waals surface area contributed by atoms with Crippen LogP contribution in [-0.4, -0.2) is 28.8 Å². The molecule has 0 aromatic carbocycles. The Hall–Kier alpha value is -0.970. The highest BCUT2D eigenvalue weighted by molar-refractivity contribution is 7.98. The molecule has 4 nitrogen and oxygen atoms in total. The molecule has 4 rings (SSSR count). The van der Waals surface area contributed by atoms with E-state index in [2.05, 4.69) is 33.6 Å². The maximum absolute atomic E-state index is 4.61. The molecule has 0 amide bonds. The number of thioether (sulfide) groups is 1. The summed E-state index contributed by atoms with van der Waals surface area (Å²) >= 11 is 1.60. The third-order valence-electron chi connectivity index (χ3n) is 5.30. The van der Waals surface area contributed by atoms with Crippen LogP contribution in [0.2, 0.25) is 0 Å². The topological polar surface area (TPSA) is 49.8 Å². The van der Waals surface area contributed by atoms with Gasteiger partial charge >= 0.3 is 0 Å². The van der Waals surface area contributed by atoms with E-state index in [4.69, 9.17) is 0 Å². The Morgan fingerprint density at radius 3 is 2.55 bits per heavy atom. The predicted octanol–water partition coefficient (Wildman–Crippen LogP) is 3.09. The molecule has 3 aliphatic rings. The fourth-order valence-electron chi connectivity index (χ4n) is 4.55. The van der Waals surface area contributed by atoms with Gasteiger partial charge in [-0.2, -0.15) is 0 Å². The van der Waals surface area contributed by atoms with E-state index in [1.165, 1.54) is 19.3 Å². The SMILES string of the molecule is CCNc1cc(NC2C3C4CCC(C4)C23)nc(SC)n1. The number of fused-ring (bicyclic) bond motifs is 5.